The summed E-state index contributed by atoms with van der Waals surface area (Å²) in [4.78, 5) is 7.09. The topological polar surface area (TPSA) is 53.6 Å². The molecule has 0 aromatic heterocycles. The largest absolute Gasteiger partial charge is 0.370 e. The van der Waals surface area contributed by atoms with E-state index in [1.54, 1.807) is 0 Å². The Morgan fingerprint density at radius 1 is 1.22 bits per heavy atom. The summed E-state index contributed by atoms with van der Waals surface area (Å²) in [7, 11) is 0. The minimum Gasteiger partial charge on any atom is -0.370 e. The lowest BCUT2D eigenvalue weighted by Gasteiger charge is -2.32. The maximum atomic E-state index is 5.81. The minimum absolute atomic E-state index is 0.528. The smallest absolute Gasteiger partial charge is 0.188 e. The second kappa shape index (κ2) is 8.35. The van der Waals surface area contributed by atoms with Gasteiger partial charge in [0.25, 0.3) is 0 Å². The average Bonchev–Trinajstić information content (AvgIpc) is 2.58. The molecule has 1 aliphatic heterocycles. The maximum Gasteiger partial charge on any atom is 0.188 e. The molecule has 0 spiro atoms. The molecule has 4 nitrogen and oxygen atoms in total. The van der Waals surface area contributed by atoms with Gasteiger partial charge >= 0.3 is 0 Å². The van der Waals surface area contributed by atoms with Crippen LogP contribution in [0.2, 0.25) is 0 Å². The fourth-order valence-corrected chi connectivity index (χ4v) is 2.60. The fourth-order valence-electron chi connectivity index (χ4n) is 2.60. The highest BCUT2D eigenvalue weighted by atomic mass is 15.2. The van der Waals surface area contributed by atoms with Crippen molar-refractivity contribution < 1.29 is 0 Å². The molecule has 0 saturated carbocycles. The molecule has 1 unspecified atom stereocenters. The van der Waals surface area contributed by atoms with Crippen molar-refractivity contribution in [3.8, 4) is 0 Å². The predicted octanol–water partition coefficient (Wildman–Crippen LogP) is 1.81. The predicted molar refractivity (Wildman–Crippen MR) is 78.8 cm³/mol. The van der Waals surface area contributed by atoms with Gasteiger partial charge in [0.1, 0.15) is 0 Å². The zero-order chi connectivity index (χ0) is 13.4. The molecule has 106 valence electrons. The fraction of sp³-hybridized carbons (Fsp3) is 0.929. The normalized spacial score (nSPS) is 20.8. The summed E-state index contributed by atoms with van der Waals surface area (Å²) in [5.74, 6) is 1.21. The van der Waals surface area contributed by atoms with Crippen LogP contribution in [0, 0.1) is 5.92 Å². The standard InChI is InChI=1S/C14H30N4/c1-4-16-14(15)17-11-13(12(2)3)18-9-7-5-6-8-10-18/h12-13H,4-11H2,1-3H3,(H3,15,16,17). The highest BCUT2D eigenvalue weighted by molar-refractivity contribution is 5.77. The molecule has 1 atom stereocenters. The van der Waals surface area contributed by atoms with E-state index in [0.29, 0.717) is 17.9 Å². The van der Waals surface area contributed by atoms with Gasteiger partial charge in [-0.2, -0.15) is 0 Å². The summed E-state index contributed by atoms with van der Waals surface area (Å²) in [6.07, 6.45) is 5.42. The second-order valence-corrected chi connectivity index (χ2v) is 5.52. The summed E-state index contributed by atoms with van der Waals surface area (Å²) in [6, 6.07) is 0.528. The van der Waals surface area contributed by atoms with Crippen molar-refractivity contribution in [1.29, 1.82) is 0 Å². The van der Waals surface area contributed by atoms with E-state index in [2.05, 4.69) is 29.1 Å². The first kappa shape index (κ1) is 15.3. The minimum atomic E-state index is 0.528. The summed E-state index contributed by atoms with van der Waals surface area (Å²) < 4.78 is 0. The molecule has 1 aliphatic rings. The molecule has 18 heavy (non-hydrogen) atoms. The second-order valence-electron chi connectivity index (χ2n) is 5.52. The Labute approximate surface area is 112 Å². The van der Waals surface area contributed by atoms with E-state index in [9.17, 15) is 0 Å². The summed E-state index contributed by atoms with van der Waals surface area (Å²) in [5, 5.41) is 3.06. The van der Waals surface area contributed by atoms with Crippen LogP contribution in [0.1, 0.15) is 46.5 Å². The van der Waals surface area contributed by atoms with Gasteiger partial charge in [0.15, 0.2) is 5.96 Å². The third kappa shape index (κ3) is 5.25. The molecular weight excluding hydrogens is 224 g/mol. The zero-order valence-electron chi connectivity index (χ0n) is 12.3. The number of nitrogens with zero attached hydrogens (tertiary/aromatic N) is 2. The number of rotatable bonds is 5. The quantitative estimate of drug-likeness (QED) is 0.581. The number of likely N-dealkylation sites (tertiary alicyclic amines) is 1. The average molecular weight is 254 g/mol. The maximum absolute atomic E-state index is 5.81. The monoisotopic (exact) mass is 254 g/mol. The molecule has 0 bridgehead atoms. The van der Waals surface area contributed by atoms with Crippen molar-refractivity contribution in [2.75, 3.05) is 26.2 Å². The van der Waals surface area contributed by atoms with E-state index >= 15 is 0 Å². The molecule has 0 radical (unpaired) electrons. The van der Waals surface area contributed by atoms with Gasteiger partial charge in [0, 0.05) is 12.6 Å². The van der Waals surface area contributed by atoms with Crippen LogP contribution in [-0.4, -0.2) is 43.1 Å². The van der Waals surface area contributed by atoms with Crippen molar-refractivity contribution in [3.05, 3.63) is 0 Å². The lowest BCUT2D eigenvalue weighted by Crippen LogP contribution is -2.43. The van der Waals surface area contributed by atoms with E-state index in [-0.39, 0.29) is 0 Å². The van der Waals surface area contributed by atoms with Crippen molar-refractivity contribution >= 4 is 5.96 Å². The van der Waals surface area contributed by atoms with Crippen LogP contribution in [0.15, 0.2) is 4.99 Å². The van der Waals surface area contributed by atoms with Crippen molar-refractivity contribution in [2.45, 2.75) is 52.5 Å². The Bertz CT molecular complexity index is 242. The highest BCUT2D eigenvalue weighted by Crippen LogP contribution is 2.17. The van der Waals surface area contributed by atoms with Crippen molar-refractivity contribution in [2.24, 2.45) is 16.6 Å². The van der Waals surface area contributed by atoms with Gasteiger partial charge < -0.3 is 11.1 Å². The number of aliphatic imine (C=N–C) groups is 1. The van der Waals surface area contributed by atoms with Crippen LogP contribution < -0.4 is 11.1 Å². The summed E-state index contributed by atoms with van der Waals surface area (Å²) in [5.41, 5.74) is 5.81. The number of nitrogens with one attached hydrogen (secondary N) is 1. The van der Waals surface area contributed by atoms with Gasteiger partial charge in [0.05, 0.1) is 6.54 Å². The molecule has 0 aromatic carbocycles. The molecule has 1 fully saturated rings. The molecule has 3 N–H and O–H groups in total. The van der Waals surface area contributed by atoms with Crippen LogP contribution in [0.25, 0.3) is 0 Å². The highest BCUT2D eigenvalue weighted by Gasteiger charge is 2.22. The SMILES string of the molecule is CCNC(N)=NCC(C(C)C)N1CCCCCC1. The van der Waals surface area contributed by atoms with Gasteiger partial charge in [-0.1, -0.05) is 26.7 Å². The number of nitrogens with two attached hydrogens (primary N) is 1. The Morgan fingerprint density at radius 3 is 2.33 bits per heavy atom. The van der Waals surface area contributed by atoms with Crippen LogP contribution >= 0.6 is 0 Å². The van der Waals surface area contributed by atoms with Crippen LogP contribution in [0.3, 0.4) is 0 Å². The third-order valence-corrected chi connectivity index (χ3v) is 3.69. The third-order valence-electron chi connectivity index (χ3n) is 3.69. The van der Waals surface area contributed by atoms with E-state index in [1.165, 1.54) is 38.8 Å². The number of hydrogen-bond acceptors (Lipinski definition) is 2. The molecule has 1 heterocycles. The molecule has 0 aromatic rings. The Kier molecular flexibility index (Phi) is 7.09. The lowest BCUT2D eigenvalue weighted by molar-refractivity contribution is 0.166. The molecule has 0 aliphatic carbocycles. The molecule has 1 rings (SSSR count). The Morgan fingerprint density at radius 2 is 1.83 bits per heavy atom. The van der Waals surface area contributed by atoms with E-state index in [0.717, 1.165) is 13.1 Å². The number of guanidine groups is 1. The summed E-state index contributed by atoms with van der Waals surface area (Å²) >= 11 is 0. The first-order valence-electron chi connectivity index (χ1n) is 7.43. The molecular formula is C14H30N4. The van der Waals surface area contributed by atoms with Gasteiger partial charge in [0.2, 0.25) is 0 Å². The van der Waals surface area contributed by atoms with Gasteiger partial charge in [-0.3, -0.25) is 9.89 Å². The number of hydrogen-bond donors (Lipinski definition) is 2. The first-order chi connectivity index (χ1) is 8.65. The van der Waals surface area contributed by atoms with Crippen molar-refractivity contribution in [1.82, 2.24) is 10.2 Å². The van der Waals surface area contributed by atoms with Crippen LogP contribution in [0.5, 0.6) is 0 Å². The van der Waals surface area contributed by atoms with E-state index in [4.69, 9.17) is 5.73 Å². The Hall–Kier alpha value is -0.770. The lowest BCUT2D eigenvalue weighted by atomic mass is 10.0. The Balaban J connectivity index is 2.55. The van der Waals surface area contributed by atoms with E-state index in [1.807, 2.05) is 6.92 Å². The van der Waals surface area contributed by atoms with Crippen molar-refractivity contribution in [3.63, 3.8) is 0 Å². The summed E-state index contributed by atoms with van der Waals surface area (Å²) in [6.45, 7) is 10.7. The van der Waals surface area contributed by atoms with E-state index < -0.39 is 0 Å². The van der Waals surface area contributed by atoms with Gasteiger partial charge in [-0.05, 0) is 38.8 Å². The molecule has 1 saturated heterocycles. The molecule has 0 amide bonds. The molecule has 4 heteroatoms. The first-order valence-corrected chi connectivity index (χ1v) is 7.43. The zero-order valence-corrected chi connectivity index (χ0v) is 12.3. The van der Waals surface area contributed by atoms with Gasteiger partial charge in [-0.25, -0.2) is 0 Å². The van der Waals surface area contributed by atoms with Gasteiger partial charge in [-0.15, -0.1) is 0 Å². The van der Waals surface area contributed by atoms with Crippen LogP contribution in [-0.2, 0) is 0 Å². The van der Waals surface area contributed by atoms with Crippen LogP contribution in [0.4, 0.5) is 0 Å².